The summed E-state index contributed by atoms with van der Waals surface area (Å²) in [7, 11) is 1.25. The fourth-order valence-electron chi connectivity index (χ4n) is 1.91. The lowest BCUT2D eigenvalue weighted by molar-refractivity contribution is 0.0600. The molecule has 2 aromatic rings. The second-order valence-corrected chi connectivity index (χ2v) is 5.06. The van der Waals surface area contributed by atoms with E-state index < -0.39 is 11.9 Å². The number of anilines is 1. The summed E-state index contributed by atoms with van der Waals surface area (Å²) in [5.74, 6) is -1.36. The molecule has 1 amide bonds. The number of rotatable bonds is 4. The van der Waals surface area contributed by atoms with Crippen molar-refractivity contribution in [3.63, 3.8) is 0 Å². The summed E-state index contributed by atoms with van der Waals surface area (Å²) in [6.45, 7) is -0.255. The third-order valence-corrected chi connectivity index (χ3v) is 3.44. The van der Waals surface area contributed by atoms with Crippen LogP contribution in [-0.4, -0.2) is 29.2 Å². The van der Waals surface area contributed by atoms with Crippen LogP contribution in [0.15, 0.2) is 36.4 Å². The number of amides is 1. The summed E-state index contributed by atoms with van der Waals surface area (Å²) in [6.07, 6.45) is 0. The highest BCUT2D eigenvalue weighted by Gasteiger charge is 2.15. The predicted molar refractivity (Wildman–Crippen MR) is 84.8 cm³/mol. The van der Waals surface area contributed by atoms with Crippen LogP contribution < -0.4 is 5.32 Å². The number of aromatic hydroxyl groups is 1. The molecule has 120 valence electrons. The van der Waals surface area contributed by atoms with Crippen molar-refractivity contribution in [1.29, 1.82) is 0 Å². The van der Waals surface area contributed by atoms with Crippen LogP contribution >= 0.6 is 11.6 Å². The van der Waals surface area contributed by atoms with Crippen LogP contribution in [-0.2, 0) is 11.3 Å². The second kappa shape index (κ2) is 7.13. The highest BCUT2D eigenvalue weighted by Crippen LogP contribution is 2.26. The molecule has 0 atom stereocenters. The average molecular weight is 336 g/mol. The van der Waals surface area contributed by atoms with Crippen LogP contribution in [0.2, 0.25) is 5.02 Å². The van der Waals surface area contributed by atoms with Crippen molar-refractivity contribution < 1.29 is 24.5 Å². The first-order valence-corrected chi connectivity index (χ1v) is 6.96. The SMILES string of the molecule is COC(=O)c1ccc(NC(=O)c2cc(CO)ccc2O)c(Cl)c1. The number of carbonyl (C=O) groups is 2. The molecular formula is C16H14ClNO5. The number of nitrogens with one attached hydrogen (secondary N) is 1. The van der Waals surface area contributed by atoms with E-state index in [1.54, 1.807) is 0 Å². The Hall–Kier alpha value is -2.57. The number of ether oxygens (including phenoxy) is 1. The summed E-state index contributed by atoms with van der Waals surface area (Å²) < 4.78 is 4.58. The number of hydrogen-bond acceptors (Lipinski definition) is 5. The van der Waals surface area contributed by atoms with Crippen molar-refractivity contribution in [3.05, 3.63) is 58.1 Å². The molecule has 0 aliphatic heterocycles. The van der Waals surface area contributed by atoms with Gasteiger partial charge in [0, 0.05) is 0 Å². The highest BCUT2D eigenvalue weighted by atomic mass is 35.5. The molecule has 0 fully saturated rings. The zero-order valence-corrected chi connectivity index (χ0v) is 12.9. The Kier molecular flexibility index (Phi) is 5.20. The van der Waals surface area contributed by atoms with E-state index in [0.29, 0.717) is 5.56 Å². The lowest BCUT2D eigenvalue weighted by Gasteiger charge is -2.10. The van der Waals surface area contributed by atoms with Gasteiger partial charge in [0.15, 0.2) is 0 Å². The largest absolute Gasteiger partial charge is 0.507 e. The Morgan fingerprint density at radius 3 is 2.57 bits per heavy atom. The number of benzene rings is 2. The van der Waals surface area contributed by atoms with Crippen LogP contribution in [0.4, 0.5) is 5.69 Å². The fraction of sp³-hybridized carbons (Fsp3) is 0.125. The standard InChI is InChI=1S/C16H14ClNO5/c1-23-16(22)10-3-4-13(12(17)7-10)18-15(21)11-6-9(8-19)2-5-14(11)20/h2-7,19-20H,8H2,1H3,(H,18,21). The van der Waals surface area contributed by atoms with Gasteiger partial charge in [0.05, 0.1) is 35.6 Å². The molecule has 23 heavy (non-hydrogen) atoms. The number of carbonyl (C=O) groups excluding carboxylic acids is 2. The van der Waals surface area contributed by atoms with E-state index in [-0.39, 0.29) is 34.2 Å². The molecule has 6 nitrogen and oxygen atoms in total. The van der Waals surface area contributed by atoms with Gasteiger partial charge in [-0.1, -0.05) is 17.7 Å². The molecule has 0 radical (unpaired) electrons. The van der Waals surface area contributed by atoms with Crippen LogP contribution in [0.5, 0.6) is 5.75 Å². The van der Waals surface area contributed by atoms with Crippen LogP contribution in [0.1, 0.15) is 26.3 Å². The van der Waals surface area contributed by atoms with Gasteiger partial charge < -0.3 is 20.3 Å². The number of phenolic OH excluding ortho intramolecular Hbond substituents is 1. The van der Waals surface area contributed by atoms with Gasteiger partial charge in [-0.25, -0.2) is 4.79 Å². The Balaban J connectivity index is 2.25. The summed E-state index contributed by atoms with van der Waals surface area (Å²) in [4.78, 5) is 23.6. The van der Waals surface area contributed by atoms with E-state index in [1.807, 2.05) is 0 Å². The average Bonchev–Trinajstić information content (AvgIpc) is 2.56. The molecule has 0 aliphatic carbocycles. The van der Waals surface area contributed by atoms with E-state index in [4.69, 9.17) is 16.7 Å². The fourth-order valence-corrected chi connectivity index (χ4v) is 2.14. The van der Waals surface area contributed by atoms with Gasteiger partial charge in [0.2, 0.25) is 0 Å². The topological polar surface area (TPSA) is 95.9 Å². The predicted octanol–water partition coefficient (Wildman–Crippen LogP) is 2.58. The van der Waals surface area contributed by atoms with E-state index in [9.17, 15) is 14.7 Å². The smallest absolute Gasteiger partial charge is 0.337 e. The quantitative estimate of drug-likeness (QED) is 0.746. The molecule has 0 saturated heterocycles. The van der Waals surface area contributed by atoms with Crippen molar-refractivity contribution in [2.75, 3.05) is 12.4 Å². The summed E-state index contributed by atoms with van der Waals surface area (Å²) in [5, 5.41) is 21.5. The van der Waals surface area contributed by atoms with E-state index in [1.165, 1.54) is 43.5 Å². The summed E-state index contributed by atoms with van der Waals surface area (Å²) >= 11 is 6.04. The Morgan fingerprint density at radius 1 is 1.22 bits per heavy atom. The molecule has 0 unspecified atom stereocenters. The maximum absolute atomic E-state index is 12.2. The van der Waals surface area contributed by atoms with E-state index in [2.05, 4.69) is 10.1 Å². The van der Waals surface area contributed by atoms with Crippen molar-refractivity contribution in [2.24, 2.45) is 0 Å². The molecule has 2 rings (SSSR count). The van der Waals surface area contributed by atoms with E-state index >= 15 is 0 Å². The van der Waals surface area contributed by atoms with Gasteiger partial charge >= 0.3 is 5.97 Å². The molecule has 0 saturated carbocycles. The molecule has 0 aromatic heterocycles. The third kappa shape index (κ3) is 3.80. The van der Waals surface area contributed by atoms with Crippen LogP contribution in [0.3, 0.4) is 0 Å². The molecule has 3 N–H and O–H groups in total. The monoisotopic (exact) mass is 335 g/mol. The molecule has 2 aromatic carbocycles. The molecule has 0 spiro atoms. The van der Waals surface area contributed by atoms with Gasteiger partial charge in [-0.05, 0) is 35.9 Å². The highest BCUT2D eigenvalue weighted by molar-refractivity contribution is 6.34. The maximum Gasteiger partial charge on any atom is 0.337 e. The second-order valence-electron chi connectivity index (χ2n) is 4.65. The maximum atomic E-state index is 12.2. The minimum Gasteiger partial charge on any atom is -0.507 e. The summed E-state index contributed by atoms with van der Waals surface area (Å²) in [6, 6.07) is 8.48. The Morgan fingerprint density at radius 2 is 1.96 bits per heavy atom. The van der Waals surface area contributed by atoms with Gasteiger partial charge in [0.1, 0.15) is 5.75 Å². The number of phenols is 1. The van der Waals surface area contributed by atoms with Crippen molar-refractivity contribution in [3.8, 4) is 5.75 Å². The molecule has 0 bridgehead atoms. The van der Waals surface area contributed by atoms with E-state index in [0.717, 1.165) is 0 Å². The first-order chi connectivity index (χ1) is 11.0. The van der Waals surface area contributed by atoms with Crippen molar-refractivity contribution >= 4 is 29.2 Å². The number of halogens is 1. The van der Waals surface area contributed by atoms with Crippen LogP contribution in [0, 0.1) is 0 Å². The zero-order chi connectivity index (χ0) is 17.0. The van der Waals surface area contributed by atoms with Gasteiger partial charge in [-0.3, -0.25) is 4.79 Å². The number of methoxy groups -OCH3 is 1. The first-order valence-electron chi connectivity index (χ1n) is 6.58. The summed E-state index contributed by atoms with van der Waals surface area (Å²) in [5.41, 5.74) is 1.02. The molecule has 0 aliphatic rings. The third-order valence-electron chi connectivity index (χ3n) is 3.13. The first kappa shape index (κ1) is 16.8. The molecular weight excluding hydrogens is 322 g/mol. The zero-order valence-electron chi connectivity index (χ0n) is 12.2. The number of aliphatic hydroxyl groups excluding tert-OH is 1. The van der Waals surface area contributed by atoms with Crippen LogP contribution in [0.25, 0.3) is 0 Å². The normalized spacial score (nSPS) is 10.2. The number of esters is 1. The lowest BCUT2D eigenvalue weighted by atomic mass is 10.1. The van der Waals surface area contributed by atoms with Crippen molar-refractivity contribution in [1.82, 2.24) is 0 Å². The van der Waals surface area contributed by atoms with Crippen molar-refractivity contribution in [2.45, 2.75) is 6.61 Å². The Labute approximate surface area is 137 Å². The minimum absolute atomic E-state index is 0.00432. The Bertz CT molecular complexity index is 760. The molecule has 7 heteroatoms. The number of hydrogen-bond donors (Lipinski definition) is 3. The minimum atomic E-state index is -0.592. The van der Waals surface area contributed by atoms with Gasteiger partial charge in [-0.15, -0.1) is 0 Å². The van der Waals surface area contributed by atoms with Gasteiger partial charge in [-0.2, -0.15) is 0 Å². The molecule has 0 heterocycles. The number of aliphatic hydroxyl groups is 1. The van der Waals surface area contributed by atoms with Gasteiger partial charge in [0.25, 0.3) is 5.91 Å². The lowest BCUT2D eigenvalue weighted by Crippen LogP contribution is -2.13.